The molecule has 37 heavy (non-hydrogen) atoms. The molecule has 0 atom stereocenters. The first-order valence-electron chi connectivity index (χ1n) is 13.9. The molecule has 1 aromatic carbocycles. The summed E-state index contributed by atoms with van der Waals surface area (Å²) in [5, 5.41) is 9.75. The SMILES string of the molecule is Cc1c(C=O)cc(O)cc1OCCCCOCCN(CC1CCN(C(=O)OC(C)(C)C)CC1)C1CCC1. The van der Waals surface area contributed by atoms with Crippen molar-refractivity contribution in [3.05, 3.63) is 23.3 Å². The number of carbonyl (C=O) groups is 2. The van der Waals surface area contributed by atoms with Crippen LogP contribution in [0.2, 0.25) is 0 Å². The Hall–Kier alpha value is -2.32. The van der Waals surface area contributed by atoms with E-state index in [1.54, 1.807) is 6.07 Å². The number of nitrogens with zero attached hydrogens (tertiary/aromatic N) is 2. The molecule has 8 heteroatoms. The smallest absolute Gasteiger partial charge is 0.410 e. The van der Waals surface area contributed by atoms with Crippen molar-refractivity contribution in [2.24, 2.45) is 5.92 Å². The van der Waals surface area contributed by atoms with Crippen LogP contribution in [0.3, 0.4) is 0 Å². The Morgan fingerprint density at radius 1 is 1.11 bits per heavy atom. The van der Waals surface area contributed by atoms with Gasteiger partial charge in [-0.3, -0.25) is 9.69 Å². The first-order valence-corrected chi connectivity index (χ1v) is 13.9. The predicted octanol–water partition coefficient (Wildman–Crippen LogP) is 5.19. The van der Waals surface area contributed by atoms with Crippen LogP contribution in [0.5, 0.6) is 11.5 Å². The van der Waals surface area contributed by atoms with Crippen LogP contribution in [0.25, 0.3) is 0 Å². The second-order valence-corrected chi connectivity index (χ2v) is 11.4. The minimum Gasteiger partial charge on any atom is -0.508 e. The van der Waals surface area contributed by atoms with Crippen LogP contribution >= 0.6 is 0 Å². The van der Waals surface area contributed by atoms with Crippen LogP contribution in [0.15, 0.2) is 12.1 Å². The highest BCUT2D eigenvalue weighted by atomic mass is 16.6. The van der Waals surface area contributed by atoms with Crippen LogP contribution in [0, 0.1) is 12.8 Å². The number of benzene rings is 1. The van der Waals surface area contributed by atoms with Crippen molar-refractivity contribution >= 4 is 12.4 Å². The van der Waals surface area contributed by atoms with Gasteiger partial charge < -0.3 is 24.2 Å². The van der Waals surface area contributed by atoms with Crippen molar-refractivity contribution in [3.63, 3.8) is 0 Å². The largest absolute Gasteiger partial charge is 0.508 e. The number of phenolic OH excluding ortho intramolecular Hbond substituents is 1. The number of carbonyl (C=O) groups excluding carboxylic acids is 2. The fourth-order valence-corrected chi connectivity index (χ4v) is 4.87. The Morgan fingerprint density at radius 2 is 1.81 bits per heavy atom. The number of phenols is 1. The molecule has 0 bridgehead atoms. The zero-order valence-electron chi connectivity index (χ0n) is 23.2. The zero-order valence-corrected chi connectivity index (χ0v) is 23.2. The number of amides is 1. The molecule has 1 saturated heterocycles. The van der Waals surface area contributed by atoms with Gasteiger partial charge in [-0.05, 0) is 78.2 Å². The van der Waals surface area contributed by atoms with Crippen LogP contribution in [-0.2, 0) is 9.47 Å². The van der Waals surface area contributed by atoms with Crippen LogP contribution < -0.4 is 4.74 Å². The maximum Gasteiger partial charge on any atom is 0.410 e. The number of rotatable bonds is 13. The van der Waals surface area contributed by atoms with Gasteiger partial charge in [-0.1, -0.05) is 6.42 Å². The summed E-state index contributed by atoms with van der Waals surface area (Å²) in [5.74, 6) is 1.20. The molecule has 0 radical (unpaired) electrons. The molecule has 0 spiro atoms. The van der Waals surface area contributed by atoms with Crippen LogP contribution in [0.1, 0.15) is 81.6 Å². The Balaban J connectivity index is 1.30. The number of likely N-dealkylation sites (tertiary alicyclic amines) is 1. The highest BCUT2D eigenvalue weighted by Gasteiger charge is 2.30. The van der Waals surface area contributed by atoms with Gasteiger partial charge in [0, 0.05) is 56.0 Å². The molecule has 2 aliphatic rings. The fraction of sp³-hybridized carbons (Fsp3) is 0.724. The van der Waals surface area contributed by atoms with Crippen LogP contribution in [-0.4, -0.2) is 84.9 Å². The molecule has 8 nitrogen and oxygen atoms in total. The summed E-state index contributed by atoms with van der Waals surface area (Å²) in [5.41, 5.74) is 0.743. The molecule has 1 saturated carbocycles. The van der Waals surface area contributed by atoms with Gasteiger partial charge >= 0.3 is 6.09 Å². The molecule has 1 N–H and O–H groups in total. The second kappa shape index (κ2) is 14.0. The first-order chi connectivity index (χ1) is 17.7. The standard InChI is InChI=1S/C29H46N2O6/c1-22-24(21-32)18-26(33)19-27(22)36-16-6-5-15-35-17-14-31(25-8-7-9-25)20-23-10-12-30(13-11-23)28(34)37-29(2,3)4/h18-19,21,23,25,33H,5-17,20H2,1-4H3. The molecule has 1 aliphatic heterocycles. The molecule has 0 aromatic heterocycles. The van der Waals surface area contributed by atoms with Gasteiger partial charge in [0.2, 0.25) is 0 Å². The highest BCUT2D eigenvalue weighted by Crippen LogP contribution is 2.29. The normalized spacial score (nSPS) is 17.1. The van der Waals surface area contributed by atoms with E-state index in [2.05, 4.69) is 4.90 Å². The van der Waals surface area contributed by atoms with Gasteiger partial charge in [0.05, 0.1) is 13.2 Å². The average Bonchev–Trinajstić information content (AvgIpc) is 2.80. The Kier molecular flexibility index (Phi) is 11.1. The zero-order chi connectivity index (χ0) is 26.8. The van der Waals surface area contributed by atoms with Crippen molar-refractivity contribution in [2.75, 3.05) is 46.0 Å². The molecule has 2 fully saturated rings. The fourth-order valence-electron chi connectivity index (χ4n) is 4.87. The minimum atomic E-state index is -0.450. The van der Waals surface area contributed by atoms with Gasteiger partial charge in [-0.15, -0.1) is 0 Å². The summed E-state index contributed by atoms with van der Waals surface area (Å²) in [7, 11) is 0. The third kappa shape index (κ3) is 9.49. The van der Waals surface area contributed by atoms with E-state index in [0.717, 1.165) is 70.3 Å². The van der Waals surface area contributed by atoms with Gasteiger partial charge in [-0.2, -0.15) is 0 Å². The summed E-state index contributed by atoms with van der Waals surface area (Å²) in [4.78, 5) is 27.9. The van der Waals surface area contributed by atoms with Gasteiger partial charge in [0.1, 0.15) is 17.1 Å². The number of piperidine rings is 1. The van der Waals surface area contributed by atoms with Crippen molar-refractivity contribution in [1.29, 1.82) is 0 Å². The van der Waals surface area contributed by atoms with Gasteiger partial charge in [0.25, 0.3) is 0 Å². The molecule has 208 valence electrons. The van der Waals surface area contributed by atoms with Crippen molar-refractivity contribution in [1.82, 2.24) is 9.80 Å². The lowest BCUT2D eigenvalue weighted by Gasteiger charge is -2.41. The summed E-state index contributed by atoms with van der Waals surface area (Å²) >= 11 is 0. The van der Waals surface area contributed by atoms with Gasteiger partial charge in [-0.25, -0.2) is 4.79 Å². The molecule has 1 aromatic rings. The van der Waals surface area contributed by atoms with E-state index < -0.39 is 5.60 Å². The lowest BCUT2D eigenvalue weighted by atomic mass is 9.89. The van der Waals surface area contributed by atoms with Crippen molar-refractivity contribution in [2.45, 2.75) is 84.3 Å². The number of unbranched alkanes of at least 4 members (excludes halogenated alkanes) is 1. The monoisotopic (exact) mass is 518 g/mol. The van der Waals surface area contributed by atoms with E-state index in [9.17, 15) is 14.7 Å². The number of ether oxygens (including phenoxy) is 3. The molecule has 0 unspecified atom stereocenters. The summed E-state index contributed by atoms with van der Waals surface area (Å²) in [6.45, 7) is 13.1. The van der Waals surface area contributed by atoms with E-state index in [0.29, 0.717) is 36.5 Å². The highest BCUT2D eigenvalue weighted by molar-refractivity contribution is 5.79. The molecular formula is C29H46N2O6. The maximum absolute atomic E-state index is 12.3. The van der Waals surface area contributed by atoms with E-state index in [4.69, 9.17) is 14.2 Å². The Morgan fingerprint density at radius 3 is 2.43 bits per heavy atom. The van der Waals surface area contributed by atoms with Crippen molar-refractivity contribution in [3.8, 4) is 11.5 Å². The third-order valence-corrected chi connectivity index (χ3v) is 7.33. The number of aldehydes is 1. The topological polar surface area (TPSA) is 88.5 Å². The van der Waals surface area contributed by atoms with Crippen molar-refractivity contribution < 1.29 is 28.9 Å². The summed E-state index contributed by atoms with van der Waals surface area (Å²) < 4.78 is 17.2. The van der Waals surface area contributed by atoms with E-state index >= 15 is 0 Å². The predicted molar refractivity (Wildman–Crippen MR) is 144 cm³/mol. The minimum absolute atomic E-state index is 0.0376. The maximum atomic E-state index is 12.3. The summed E-state index contributed by atoms with van der Waals surface area (Å²) in [6.07, 6.45) is 8.18. The number of hydrogen-bond donors (Lipinski definition) is 1. The molecule has 1 amide bonds. The Bertz CT molecular complexity index is 872. The third-order valence-electron chi connectivity index (χ3n) is 7.33. The quantitative estimate of drug-likeness (QED) is 0.284. The molecule has 1 aliphatic carbocycles. The number of aromatic hydroxyl groups is 1. The first kappa shape index (κ1) is 29.2. The Labute approximate surface area is 222 Å². The molecular weight excluding hydrogens is 472 g/mol. The van der Waals surface area contributed by atoms with E-state index in [-0.39, 0.29) is 11.8 Å². The second-order valence-electron chi connectivity index (χ2n) is 11.4. The van der Waals surface area contributed by atoms with E-state index in [1.165, 1.54) is 25.3 Å². The van der Waals surface area contributed by atoms with Gasteiger partial charge in [0.15, 0.2) is 6.29 Å². The summed E-state index contributed by atoms with van der Waals surface area (Å²) in [6, 6.07) is 3.67. The molecule has 3 rings (SSSR count). The lowest BCUT2D eigenvalue weighted by Crippen LogP contribution is -2.47. The average molecular weight is 519 g/mol. The molecule has 1 heterocycles. The lowest BCUT2D eigenvalue weighted by molar-refractivity contribution is 0.0124. The number of hydrogen-bond acceptors (Lipinski definition) is 7. The van der Waals surface area contributed by atoms with E-state index in [1.807, 2.05) is 32.6 Å². The van der Waals surface area contributed by atoms with Crippen LogP contribution in [0.4, 0.5) is 4.79 Å².